The molecule has 1 fully saturated rings. The minimum Gasteiger partial charge on any atom is -0.369 e. The molecule has 0 unspecified atom stereocenters. The highest BCUT2D eigenvalue weighted by Gasteiger charge is 2.34. The third-order valence-corrected chi connectivity index (χ3v) is 3.77. The van der Waals surface area contributed by atoms with Gasteiger partial charge in [-0.25, -0.2) is 8.78 Å². The monoisotopic (exact) mass is 311 g/mol. The van der Waals surface area contributed by atoms with Crippen molar-refractivity contribution in [3.63, 3.8) is 0 Å². The van der Waals surface area contributed by atoms with Gasteiger partial charge in [-0.3, -0.25) is 14.5 Å². The van der Waals surface area contributed by atoms with Gasteiger partial charge in [-0.1, -0.05) is 12.1 Å². The maximum absolute atomic E-state index is 13.6. The summed E-state index contributed by atoms with van der Waals surface area (Å²) in [6.07, 6.45) is -0.830. The summed E-state index contributed by atoms with van der Waals surface area (Å²) in [7, 11) is 1.53. The van der Waals surface area contributed by atoms with Crippen molar-refractivity contribution in [2.45, 2.75) is 18.6 Å². The van der Waals surface area contributed by atoms with Crippen LogP contribution in [-0.4, -0.2) is 60.5 Å². The molecule has 120 valence electrons. The number of nitrogens with zero attached hydrogens (tertiary/aromatic N) is 2. The summed E-state index contributed by atoms with van der Waals surface area (Å²) >= 11 is 0. The molecule has 5 nitrogen and oxygen atoms in total. The van der Waals surface area contributed by atoms with Gasteiger partial charge in [-0.05, 0) is 18.6 Å². The molecule has 7 heteroatoms. The van der Waals surface area contributed by atoms with Crippen molar-refractivity contribution in [3.8, 4) is 0 Å². The van der Waals surface area contributed by atoms with E-state index in [0.29, 0.717) is 0 Å². The maximum Gasteiger partial charge on any atom is 0.256 e. The smallest absolute Gasteiger partial charge is 0.256 e. The Morgan fingerprint density at radius 1 is 1.41 bits per heavy atom. The Labute approximate surface area is 127 Å². The van der Waals surface area contributed by atoms with Gasteiger partial charge in [-0.2, -0.15) is 0 Å². The van der Waals surface area contributed by atoms with Crippen molar-refractivity contribution in [2.24, 2.45) is 5.73 Å². The van der Waals surface area contributed by atoms with Gasteiger partial charge in [0.05, 0.1) is 12.1 Å². The molecule has 0 aliphatic carbocycles. The first-order valence-electron chi connectivity index (χ1n) is 7.05. The summed E-state index contributed by atoms with van der Waals surface area (Å²) in [6, 6.07) is 5.40. The SMILES string of the molecule is CN(C[C@@H]1C[C@H](F)CN1CC(N)=O)C(=O)c1ccccc1F. The van der Waals surface area contributed by atoms with Crippen LogP contribution in [0, 0.1) is 5.82 Å². The Kier molecular flexibility index (Phi) is 5.07. The zero-order valence-corrected chi connectivity index (χ0v) is 12.3. The maximum atomic E-state index is 13.6. The molecule has 2 N–H and O–H groups in total. The lowest BCUT2D eigenvalue weighted by Gasteiger charge is -2.27. The molecule has 1 aliphatic heterocycles. The zero-order chi connectivity index (χ0) is 16.3. The van der Waals surface area contributed by atoms with Crippen LogP contribution in [-0.2, 0) is 4.79 Å². The largest absolute Gasteiger partial charge is 0.369 e. The topological polar surface area (TPSA) is 66.6 Å². The number of likely N-dealkylation sites (tertiary alicyclic amines) is 1. The van der Waals surface area contributed by atoms with E-state index >= 15 is 0 Å². The molecule has 0 aromatic heterocycles. The van der Waals surface area contributed by atoms with Crippen LogP contribution in [0.2, 0.25) is 0 Å². The molecule has 2 rings (SSSR count). The summed E-state index contributed by atoms with van der Waals surface area (Å²) in [6.45, 7) is 0.281. The number of halogens is 2. The molecule has 2 amide bonds. The van der Waals surface area contributed by atoms with E-state index in [9.17, 15) is 18.4 Å². The molecule has 0 bridgehead atoms. The predicted molar refractivity (Wildman–Crippen MR) is 77.4 cm³/mol. The van der Waals surface area contributed by atoms with Crippen LogP contribution in [0.25, 0.3) is 0 Å². The van der Waals surface area contributed by atoms with Gasteiger partial charge >= 0.3 is 0 Å². The van der Waals surface area contributed by atoms with Crippen molar-refractivity contribution < 1.29 is 18.4 Å². The third-order valence-electron chi connectivity index (χ3n) is 3.77. The van der Waals surface area contributed by atoms with Crippen molar-refractivity contribution >= 4 is 11.8 Å². The normalized spacial score (nSPS) is 21.8. The van der Waals surface area contributed by atoms with Gasteiger partial charge in [0, 0.05) is 26.2 Å². The number of amides is 2. The highest BCUT2D eigenvalue weighted by molar-refractivity contribution is 5.94. The molecule has 1 heterocycles. The quantitative estimate of drug-likeness (QED) is 0.874. The fraction of sp³-hybridized carbons (Fsp3) is 0.467. The highest BCUT2D eigenvalue weighted by Crippen LogP contribution is 2.21. The van der Waals surface area contributed by atoms with Gasteiger partial charge in [0.1, 0.15) is 12.0 Å². The van der Waals surface area contributed by atoms with Gasteiger partial charge in [0.2, 0.25) is 5.91 Å². The van der Waals surface area contributed by atoms with Gasteiger partial charge < -0.3 is 10.6 Å². The number of hydrogen-bond acceptors (Lipinski definition) is 3. The van der Waals surface area contributed by atoms with E-state index in [-0.39, 0.29) is 37.7 Å². The number of primary amides is 1. The minimum atomic E-state index is -1.05. The molecule has 22 heavy (non-hydrogen) atoms. The Morgan fingerprint density at radius 2 is 2.09 bits per heavy atom. The van der Waals surface area contributed by atoms with Crippen LogP contribution >= 0.6 is 0 Å². The lowest BCUT2D eigenvalue weighted by molar-refractivity contribution is -0.119. The number of hydrogen-bond donors (Lipinski definition) is 1. The molecule has 0 saturated carbocycles. The molecular weight excluding hydrogens is 292 g/mol. The zero-order valence-electron chi connectivity index (χ0n) is 12.3. The Morgan fingerprint density at radius 3 is 2.73 bits per heavy atom. The van der Waals surface area contributed by atoms with Crippen LogP contribution in [0.15, 0.2) is 24.3 Å². The van der Waals surface area contributed by atoms with Crippen LogP contribution in [0.4, 0.5) is 8.78 Å². The average Bonchev–Trinajstić information content (AvgIpc) is 2.77. The highest BCUT2D eigenvalue weighted by atomic mass is 19.1. The van der Waals surface area contributed by atoms with Crippen LogP contribution < -0.4 is 5.73 Å². The second kappa shape index (κ2) is 6.83. The fourth-order valence-corrected chi connectivity index (χ4v) is 2.75. The van der Waals surface area contributed by atoms with Gasteiger partial charge in [0.25, 0.3) is 5.91 Å². The summed E-state index contributed by atoms with van der Waals surface area (Å²) in [4.78, 5) is 26.2. The van der Waals surface area contributed by atoms with E-state index in [2.05, 4.69) is 0 Å². The van der Waals surface area contributed by atoms with Crippen molar-refractivity contribution in [1.82, 2.24) is 9.80 Å². The lowest BCUT2D eigenvalue weighted by Crippen LogP contribution is -2.44. The number of likely N-dealkylation sites (N-methyl/N-ethyl adjacent to an activating group) is 1. The van der Waals surface area contributed by atoms with E-state index < -0.39 is 23.8 Å². The minimum absolute atomic E-state index is 0.0266. The number of benzene rings is 1. The van der Waals surface area contributed by atoms with Gasteiger partial charge in [-0.15, -0.1) is 0 Å². The fourth-order valence-electron chi connectivity index (χ4n) is 2.75. The number of carbonyl (C=O) groups is 2. The Hall–Kier alpha value is -2.02. The summed E-state index contributed by atoms with van der Waals surface area (Å²) in [5.74, 6) is -1.61. The first-order chi connectivity index (χ1) is 10.4. The second-order valence-electron chi connectivity index (χ2n) is 5.55. The van der Waals surface area contributed by atoms with Crippen molar-refractivity contribution in [1.29, 1.82) is 0 Å². The molecule has 1 aromatic carbocycles. The van der Waals surface area contributed by atoms with Crippen LogP contribution in [0.3, 0.4) is 0 Å². The molecule has 1 aromatic rings. The van der Waals surface area contributed by atoms with Crippen molar-refractivity contribution in [2.75, 3.05) is 26.7 Å². The molecule has 2 atom stereocenters. The Bertz CT molecular complexity index is 567. The molecular formula is C15H19F2N3O2. The van der Waals surface area contributed by atoms with E-state index in [1.807, 2.05) is 0 Å². The first-order valence-corrected chi connectivity index (χ1v) is 7.05. The third kappa shape index (κ3) is 3.79. The standard InChI is InChI=1S/C15H19F2N3O2/c1-19(15(22)12-4-2-3-5-13(12)17)8-11-6-10(16)7-20(11)9-14(18)21/h2-5,10-11H,6-9H2,1H3,(H2,18,21)/t10-,11-/m0/s1. The molecule has 0 radical (unpaired) electrons. The summed E-state index contributed by atoms with van der Waals surface area (Å²) < 4.78 is 27.2. The lowest BCUT2D eigenvalue weighted by atomic mass is 10.1. The van der Waals surface area contributed by atoms with Gasteiger partial charge in [0.15, 0.2) is 0 Å². The molecule has 1 aliphatic rings. The van der Waals surface area contributed by atoms with Crippen molar-refractivity contribution in [3.05, 3.63) is 35.6 Å². The number of alkyl halides is 1. The molecule has 0 spiro atoms. The summed E-state index contributed by atoms with van der Waals surface area (Å²) in [5.41, 5.74) is 5.12. The van der Waals surface area contributed by atoms with E-state index in [1.54, 1.807) is 11.0 Å². The van der Waals surface area contributed by atoms with Crippen LogP contribution in [0.5, 0.6) is 0 Å². The molecule has 1 saturated heterocycles. The second-order valence-corrected chi connectivity index (χ2v) is 5.55. The first kappa shape index (κ1) is 16.4. The predicted octanol–water partition coefficient (Wildman–Crippen LogP) is 0.795. The Balaban J connectivity index is 2.04. The number of nitrogens with two attached hydrogens (primary N) is 1. The number of rotatable bonds is 5. The average molecular weight is 311 g/mol. The summed E-state index contributed by atoms with van der Waals surface area (Å²) in [5, 5.41) is 0. The van der Waals surface area contributed by atoms with E-state index in [0.717, 1.165) is 0 Å². The van der Waals surface area contributed by atoms with E-state index in [4.69, 9.17) is 5.73 Å². The van der Waals surface area contributed by atoms with E-state index in [1.165, 1.54) is 30.1 Å². The van der Waals surface area contributed by atoms with Crippen LogP contribution in [0.1, 0.15) is 16.8 Å². The number of carbonyl (C=O) groups excluding carboxylic acids is 2.